The second kappa shape index (κ2) is 6.81. The topological polar surface area (TPSA) is 93.2 Å². The van der Waals surface area contributed by atoms with Gasteiger partial charge < -0.3 is 10.4 Å². The quantitative estimate of drug-likeness (QED) is 0.583. The van der Waals surface area contributed by atoms with E-state index in [2.05, 4.69) is 38.1 Å². The van der Waals surface area contributed by atoms with Gasteiger partial charge in [0.05, 0.1) is 17.6 Å². The summed E-state index contributed by atoms with van der Waals surface area (Å²) in [5, 5.41) is 27.5. The van der Waals surface area contributed by atoms with Gasteiger partial charge in [-0.15, -0.1) is 0 Å². The first-order valence-corrected chi connectivity index (χ1v) is 6.75. The predicted molar refractivity (Wildman–Crippen MR) is 76.4 cm³/mol. The molecule has 7 nitrogen and oxygen atoms in total. The van der Waals surface area contributed by atoms with Crippen molar-refractivity contribution in [2.75, 3.05) is 13.1 Å². The van der Waals surface area contributed by atoms with Crippen LogP contribution in [0.3, 0.4) is 0 Å². The molecule has 7 heteroatoms. The summed E-state index contributed by atoms with van der Waals surface area (Å²) in [6.07, 6.45) is 1.88. The number of aliphatic hydroxyl groups is 1. The third kappa shape index (κ3) is 5.26. The average molecular weight is 284 g/mol. The van der Waals surface area contributed by atoms with Gasteiger partial charge in [-0.05, 0) is 17.9 Å². The van der Waals surface area contributed by atoms with Crippen LogP contribution in [0.1, 0.15) is 27.7 Å². The van der Waals surface area contributed by atoms with Gasteiger partial charge in [-0.25, -0.2) is 0 Å². The molecule has 0 aliphatic rings. The molecule has 0 aromatic carbocycles. The van der Waals surface area contributed by atoms with Crippen molar-refractivity contribution >= 4 is 5.69 Å². The molecule has 2 atom stereocenters. The summed E-state index contributed by atoms with van der Waals surface area (Å²) in [5.74, 6) is 0.487. The summed E-state index contributed by atoms with van der Waals surface area (Å²) in [6, 6.07) is 0. The molecule has 0 aliphatic heterocycles. The molecule has 0 spiro atoms. The number of aliphatic hydroxyl groups excluding tert-OH is 1. The van der Waals surface area contributed by atoms with Crippen molar-refractivity contribution in [2.24, 2.45) is 11.3 Å². The van der Waals surface area contributed by atoms with Gasteiger partial charge in [0.15, 0.2) is 0 Å². The number of nitrogens with one attached hydrogen (secondary N) is 1. The average Bonchev–Trinajstić information content (AvgIpc) is 2.76. The van der Waals surface area contributed by atoms with Crippen molar-refractivity contribution in [3.63, 3.8) is 0 Å². The summed E-state index contributed by atoms with van der Waals surface area (Å²) in [7, 11) is 0. The maximum absolute atomic E-state index is 10.5. The molecular weight excluding hydrogens is 260 g/mol. The third-order valence-corrected chi connectivity index (χ3v) is 3.54. The Hall–Kier alpha value is -1.47. The second-order valence-corrected chi connectivity index (χ2v) is 6.26. The zero-order chi connectivity index (χ0) is 15.3. The number of hydrogen-bond acceptors (Lipinski definition) is 5. The fraction of sp³-hybridized carbons (Fsp3) is 0.769. The van der Waals surface area contributed by atoms with Crippen LogP contribution in [0.4, 0.5) is 5.69 Å². The van der Waals surface area contributed by atoms with Crippen LogP contribution >= 0.6 is 0 Å². The molecule has 0 bridgehead atoms. The molecule has 2 unspecified atom stereocenters. The SMILES string of the molecule is CC(CNCC(O)Cn1cc([N+](=O)[O-])cn1)C(C)(C)C. The summed E-state index contributed by atoms with van der Waals surface area (Å²) in [6.45, 7) is 10.2. The highest BCUT2D eigenvalue weighted by atomic mass is 16.6. The Labute approximate surface area is 119 Å². The first kappa shape index (κ1) is 16.6. The van der Waals surface area contributed by atoms with Crippen LogP contribution in [0, 0.1) is 21.4 Å². The van der Waals surface area contributed by atoms with Gasteiger partial charge in [-0.1, -0.05) is 27.7 Å². The molecule has 114 valence electrons. The fourth-order valence-electron chi connectivity index (χ4n) is 1.60. The van der Waals surface area contributed by atoms with E-state index < -0.39 is 11.0 Å². The lowest BCUT2D eigenvalue weighted by atomic mass is 9.82. The molecule has 0 radical (unpaired) electrons. The first-order chi connectivity index (χ1) is 9.20. The highest BCUT2D eigenvalue weighted by Gasteiger charge is 2.19. The Morgan fingerprint density at radius 1 is 1.50 bits per heavy atom. The lowest BCUT2D eigenvalue weighted by Crippen LogP contribution is -2.36. The van der Waals surface area contributed by atoms with E-state index >= 15 is 0 Å². The van der Waals surface area contributed by atoms with Gasteiger partial charge in [0, 0.05) is 6.54 Å². The van der Waals surface area contributed by atoms with E-state index in [4.69, 9.17) is 0 Å². The fourth-order valence-corrected chi connectivity index (χ4v) is 1.60. The number of aromatic nitrogens is 2. The van der Waals surface area contributed by atoms with E-state index in [1.807, 2.05) is 0 Å². The van der Waals surface area contributed by atoms with E-state index in [1.165, 1.54) is 17.1 Å². The van der Waals surface area contributed by atoms with Crippen LogP contribution in [0.5, 0.6) is 0 Å². The van der Waals surface area contributed by atoms with Crippen molar-refractivity contribution in [3.05, 3.63) is 22.5 Å². The molecular formula is C13H24N4O3. The number of nitro groups is 1. The Bertz CT molecular complexity index is 439. The molecule has 1 rings (SSSR count). The standard InChI is InChI=1S/C13H24N4O3/c1-10(13(2,3)4)5-14-7-12(18)9-16-8-11(6-15-16)17(19)20/h6,8,10,12,14,18H,5,7,9H2,1-4H3. The third-order valence-electron chi connectivity index (χ3n) is 3.54. The number of rotatable bonds is 7. The maximum Gasteiger partial charge on any atom is 0.306 e. The normalized spacial score (nSPS) is 15.1. The van der Waals surface area contributed by atoms with Crippen molar-refractivity contribution in [1.82, 2.24) is 15.1 Å². The van der Waals surface area contributed by atoms with Crippen LogP contribution in [-0.4, -0.2) is 39.0 Å². The van der Waals surface area contributed by atoms with Gasteiger partial charge in [-0.2, -0.15) is 5.10 Å². The lowest BCUT2D eigenvalue weighted by molar-refractivity contribution is -0.385. The van der Waals surface area contributed by atoms with E-state index in [0.717, 1.165) is 6.54 Å². The summed E-state index contributed by atoms with van der Waals surface area (Å²) >= 11 is 0. The Balaban J connectivity index is 2.33. The summed E-state index contributed by atoms with van der Waals surface area (Å²) in [4.78, 5) is 10.0. The van der Waals surface area contributed by atoms with Crippen LogP contribution in [0.25, 0.3) is 0 Å². The molecule has 1 heterocycles. The van der Waals surface area contributed by atoms with E-state index in [9.17, 15) is 15.2 Å². The first-order valence-electron chi connectivity index (χ1n) is 6.75. The molecule has 0 aliphatic carbocycles. The van der Waals surface area contributed by atoms with Crippen molar-refractivity contribution in [2.45, 2.75) is 40.3 Å². The minimum absolute atomic E-state index is 0.0634. The summed E-state index contributed by atoms with van der Waals surface area (Å²) < 4.78 is 1.39. The Kier molecular flexibility index (Phi) is 5.64. The second-order valence-electron chi connectivity index (χ2n) is 6.26. The minimum atomic E-state index is -0.623. The highest BCUT2D eigenvalue weighted by Crippen LogP contribution is 2.24. The van der Waals surface area contributed by atoms with Crippen LogP contribution in [0.15, 0.2) is 12.4 Å². The van der Waals surface area contributed by atoms with E-state index in [-0.39, 0.29) is 17.6 Å². The molecule has 1 aromatic heterocycles. The minimum Gasteiger partial charge on any atom is -0.390 e. The zero-order valence-corrected chi connectivity index (χ0v) is 12.5. The predicted octanol–water partition coefficient (Wildman–Crippen LogP) is 1.42. The van der Waals surface area contributed by atoms with Gasteiger partial charge in [-0.3, -0.25) is 14.8 Å². The van der Waals surface area contributed by atoms with Crippen LogP contribution in [0.2, 0.25) is 0 Å². The van der Waals surface area contributed by atoms with E-state index in [1.54, 1.807) is 0 Å². The van der Waals surface area contributed by atoms with Gasteiger partial charge >= 0.3 is 5.69 Å². The molecule has 20 heavy (non-hydrogen) atoms. The zero-order valence-electron chi connectivity index (χ0n) is 12.5. The molecule has 0 amide bonds. The van der Waals surface area contributed by atoms with Crippen LogP contribution in [-0.2, 0) is 6.54 Å². The Morgan fingerprint density at radius 2 is 2.15 bits per heavy atom. The molecule has 2 N–H and O–H groups in total. The lowest BCUT2D eigenvalue weighted by Gasteiger charge is -2.27. The molecule has 1 aromatic rings. The molecule has 0 fully saturated rings. The molecule has 0 saturated carbocycles. The van der Waals surface area contributed by atoms with E-state index in [0.29, 0.717) is 12.5 Å². The Morgan fingerprint density at radius 3 is 2.65 bits per heavy atom. The van der Waals surface area contributed by atoms with Crippen molar-refractivity contribution < 1.29 is 10.0 Å². The van der Waals surface area contributed by atoms with Crippen molar-refractivity contribution in [3.8, 4) is 0 Å². The van der Waals surface area contributed by atoms with Gasteiger partial charge in [0.2, 0.25) is 0 Å². The number of hydrogen-bond donors (Lipinski definition) is 2. The van der Waals surface area contributed by atoms with Gasteiger partial charge in [0.25, 0.3) is 0 Å². The monoisotopic (exact) mass is 284 g/mol. The van der Waals surface area contributed by atoms with Crippen LogP contribution < -0.4 is 5.32 Å². The summed E-state index contributed by atoms with van der Waals surface area (Å²) in [5.41, 5.74) is 0.159. The van der Waals surface area contributed by atoms with Crippen molar-refractivity contribution in [1.29, 1.82) is 0 Å². The smallest absolute Gasteiger partial charge is 0.306 e. The van der Waals surface area contributed by atoms with Gasteiger partial charge in [0.1, 0.15) is 12.4 Å². The highest BCUT2D eigenvalue weighted by molar-refractivity contribution is 5.20. The largest absolute Gasteiger partial charge is 0.390 e. The molecule has 0 saturated heterocycles. The maximum atomic E-state index is 10.5. The number of nitrogens with zero attached hydrogens (tertiary/aromatic N) is 3.